The summed E-state index contributed by atoms with van der Waals surface area (Å²) < 4.78 is 6.04. The molecule has 0 saturated heterocycles. The van der Waals surface area contributed by atoms with Gasteiger partial charge < -0.3 is 9.64 Å². The maximum Gasteiger partial charge on any atom is 0.261 e. The zero-order valence-corrected chi connectivity index (χ0v) is 19.7. The minimum atomic E-state index is -0.349. The normalized spacial score (nSPS) is 13.1. The van der Waals surface area contributed by atoms with Gasteiger partial charge >= 0.3 is 0 Å². The summed E-state index contributed by atoms with van der Waals surface area (Å²) in [6.45, 7) is 3.94. The van der Waals surface area contributed by atoms with Crippen molar-refractivity contribution in [2.45, 2.75) is 13.8 Å². The molecule has 0 radical (unpaired) electrons. The number of hydrogen-bond acceptors (Lipinski definition) is 4. The van der Waals surface area contributed by atoms with Crippen LogP contribution in [0.3, 0.4) is 0 Å². The van der Waals surface area contributed by atoms with Gasteiger partial charge in [0.1, 0.15) is 5.75 Å². The lowest BCUT2D eigenvalue weighted by atomic mass is 9.94. The fraction of sp³-hybridized carbons (Fsp3) is 0.240. The second-order valence-corrected chi connectivity index (χ2v) is 8.78. The highest BCUT2D eigenvalue weighted by molar-refractivity contribution is 9.10. The van der Waals surface area contributed by atoms with E-state index in [1.54, 1.807) is 48.4 Å². The van der Waals surface area contributed by atoms with Crippen LogP contribution in [0.4, 0.5) is 5.69 Å². The molecule has 1 aliphatic rings. The summed E-state index contributed by atoms with van der Waals surface area (Å²) in [5.41, 5.74) is 1.67. The van der Waals surface area contributed by atoms with E-state index in [1.165, 1.54) is 4.90 Å². The molecule has 3 aromatic rings. The molecule has 0 atom stereocenters. The molecule has 7 heteroatoms. The highest BCUT2D eigenvalue weighted by atomic mass is 79.9. The molecule has 0 fully saturated rings. The van der Waals surface area contributed by atoms with E-state index in [2.05, 4.69) is 15.9 Å². The van der Waals surface area contributed by atoms with Crippen LogP contribution in [0.1, 0.15) is 34.6 Å². The Morgan fingerprint density at radius 1 is 1.00 bits per heavy atom. The summed E-state index contributed by atoms with van der Waals surface area (Å²) in [5.74, 6) is -0.339. The minimum Gasteiger partial charge on any atom is -0.497 e. The molecule has 32 heavy (non-hydrogen) atoms. The van der Waals surface area contributed by atoms with Crippen molar-refractivity contribution in [3.63, 3.8) is 0 Å². The van der Waals surface area contributed by atoms with E-state index in [1.807, 2.05) is 32.0 Å². The molecule has 0 N–H and O–H groups in total. The second-order valence-electron chi connectivity index (χ2n) is 7.93. The average Bonchev–Trinajstić information content (AvgIpc) is 2.80. The van der Waals surface area contributed by atoms with Gasteiger partial charge in [-0.05, 0) is 47.9 Å². The zero-order chi connectivity index (χ0) is 23.0. The summed E-state index contributed by atoms with van der Waals surface area (Å²) in [7, 11) is 1.58. The van der Waals surface area contributed by atoms with Gasteiger partial charge in [-0.1, -0.05) is 41.9 Å². The summed E-state index contributed by atoms with van der Waals surface area (Å²) in [6, 6.07) is 16.1. The SMILES string of the molecule is COc1ccc(N(CCN2C(=O)c3cccc4c(Br)ccc(c34)C2=O)C(=O)C(C)C)cc1. The highest BCUT2D eigenvalue weighted by Gasteiger charge is 2.33. The van der Waals surface area contributed by atoms with Crippen LogP contribution in [0.5, 0.6) is 5.75 Å². The minimum absolute atomic E-state index is 0.0847. The lowest BCUT2D eigenvalue weighted by molar-refractivity contribution is -0.121. The summed E-state index contributed by atoms with van der Waals surface area (Å²) in [4.78, 5) is 42.2. The number of benzene rings is 3. The number of carbonyl (C=O) groups is 3. The van der Waals surface area contributed by atoms with Gasteiger partial charge in [-0.3, -0.25) is 19.3 Å². The Morgan fingerprint density at radius 3 is 2.28 bits per heavy atom. The molecule has 6 nitrogen and oxygen atoms in total. The van der Waals surface area contributed by atoms with E-state index in [9.17, 15) is 14.4 Å². The molecule has 0 aromatic heterocycles. The molecule has 1 aliphatic heterocycles. The number of nitrogens with zero attached hydrogens (tertiary/aromatic N) is 2. The van der Waals surface area contributed by atoms with Crippen molar-refractivity contribution in [1.82, 2.24) is 4.90 Å². The Balaban J connectivity index is 1.65. The Hall–Kier alpha value is -3.19. The van der Waals surface area contributed by atoms with Crippen molar-refractivity contribution in [3.8, 4) is 5.75 Å². The predicted molar refractivity (Wildman–Crippen MR) is 127 cm³/mol. The summed E-state index contributed by atoms with van der Waals surface area (Å²) in [5, 5.41) is 1.49. The largest absolute Gasteiger partial charge is 0.497 e. The molecule has 1 heterocycles. The van der Waals surface area contributed by atoms with Crippen molar-refractivity contribution in [1.29, 1.82) is 0 Å². The molecular formula is C25H23BrN2O4. The van der Waals surface area contributed by atoms with Crippen molar-refractivity contribution in [2.75, 3.05) is 25.1 Å². The van der Waals surface area contributed by atoms with E-state index in [-0.39, 0.29) is 36.7 Å². The van der Waals surface area contributed by atoms with Crippen LogP contribution in [0.25, 0.3) is 10.8 Å². The van der Waals surface area contributed by atoms with Gasteiger partial charge in [0.25, 0.3) is 11.8 Å². The Kier molecular flexibility index (Phi) is 6.02. The van der Waals surface area contributed by atoms with E-state index in [0.29, 0.717) is 28.0 Å². The highest BCUT2D eigenvalue weighted by Crippen LogP contribution is 2.34. The van der Waals surface area contributed by atoms with Crippen LogP contribution < -0.4 is 9.64 Å². The van der Waals surface area contributed by atoms with Crippen molar-refractivity contribution < 1.29 is 19.1 Å². The van der Waals surface area contributed by atoms with Crippen LogP contribution in [-0.2, 0) is 4.79 Å². The lowest BCUT2D eigenvalue weighted by Crippen LogP contribution is -2.46. The Morgan fingerprint density at radius 2 is 1.66 bits per heavy atom. The van der Waals surface area contributed by atoms with Crippen LogP contribution >= 0.6 is 15.9 Å². The van der Waals surface area contributed by atoms with Crippen LogP contribution in [-0.4, -0.2) is 42.8 Å². The maximum atomic E-state index is 13.2. The first kappa shape index (κ1) is 22.0. The molecular weight excluding hydrogens is 472 g/mol. The first-order valence-electron chi connectivity index (χ1n) is 10.4. The molecule has 0 saturated carbocycles. The van der Waals surface area contributed by atoms with Gasteiger partial charge in [0, 0.05) is 45.7 Å². The number of imide groups is 1. The fourth-order valence-electron chi connectivity index (χ4n) is 3.95. The number of ether oxygens (including phenoxy) is 1. The number of rotatable bonds is 6. The Labute approximate surface area is 194 Å². The van der Waals surface area contributed by atoms with Gasteiger partial charge in [-0.25, -0.2) is 0 Å². The first-order chi connectivity index (χ1) is 15.3. The van der Waals surface area contributed by atoms with E-state index in [4.69, 9.17) is 4.74 Å². The lowest BCUT2D eigenvalue weighted by Gasteiger charge is -2.31. The van der Waals surface area contributed by atoms with E-state index in [0.717, 1.165) is 9.86 Å². The molecule has 0 aliphatic carbocycles. The number of methoxy groups -OCH3 is 1. The standard InChI is InChI=1S/C25H23BrN2O4/c1-15(2)23(29)27(16-7-9-17(32-3)10-8-16)13-14-28-24(30)19-6-4-5-18-21(26)12-11-20(22(18)19)25(28)31/h4-12,15H,13-14H2,1-3H3. The van der Waals surface area contributed by atoms with E-state index < -0.39 is 0 Å². The van der Waals surface area contributed by atoms with Crippen molar-refractivity contribution >= 4 is 50.1 Å². The number of halogens is 1. The number of anilines is 1. The number of hydrogen-bond donors (Lipinski definition) is 0. The van der Waals surface area contributed by atoms with E-state index >= 15 is 0 Å². The maximum absolute atomic E-state index is 13.2. The first-order valence-corrected chi connectivity index (χ1v) is 11.2. The zero-order valence-electron chi connectivity index (χ0n) is 18.1. The molecule has 3 amide bonds. The second kappa shape index (κ2) is 8.74. The third kappa shape index (κ3) is 3.77. The molecule has 0 spiro atoms. The molecule has 3 aromatic carbocycles. The molecule has 0 unspecified atom stereocenters. The third-order valence-electron chi connectivity index (χ3n) is 5.63. The fourth-order valence-corrected chi connectivity index (χ4v) is 4.42. The quantitative estimate of drug-likeness (QED) is 0.457. The third-order valence-corrected chi connectivity index (χ3v) is 6.32. The smallest absolute Gasteiger partial charge is 0.261 e. The summed E-state index contributed by atoms with van der Waals surface area (Å²) >= 11 is 3.50. The van der Waals surface area contributed by atoms with Gasteiger partial charge in [-0.2, -0.15) is 0 Å². The number of carbonyl (C=O) groups excluding carboxylic acids is 3. The van der Waals surface area contributed by atoms with Gasteiger partial charge in [-0.15, -0.1) is 0 Å². The molecule has 164 valence electrons. The topological polar surface area (TPSA) is 66.9 Å². The van der Waals surface area contributed by atoms with Crippen molar-refractivity contribution in [3.05, 3.63) is 70.2 Å². The average molecular weight is 495 g/mol. The van der Waals surface area contributed by atoms with Crippen molar-refractivity contribution in [2.24, 2.45) is 5.92 Å². The van der Waals surface area contributed by atoms with Gasteiger partial charge in [0.15, 0.2) is 0 Å². The molecule has 4 rings (SSSR count). The Bertz CT molecular complexity index is 1200. The van der Waals surface area contributed by atoms with Crippen LogP contribution in [0, 0.1) is 5.92 Å². The monoisotopic (exact) mass is 494 g/mol. The van der Waals surface area contributed by atoms with Gasteiger partial charge in [0.2, 0.25) is 5.91 Å². The van der Waals surface area contributed by atoms with Crippen LogP contribution in [0.2, 0.25) is 0 Å². The van der Waals surface area contributed by atoms with Crippen LogP contribution in [0.15, 0.2) is 59.1 Å². The number of amides is 3. The predicted octanol–water partition coefficient (Wildman–Crippen LogP) is 4.90. The summed E-state index contributed by atoms with van der Waals surface area (Å²) in [6.07, 6.45) is 0. The molecule has 0 bridgehead atoms. The van der Waals surface area contributed by atoms with Gasteiger partial charge in [0.05, 0.1) is 7.11 Å².